The molecule has 0 radical (unpaired) electrons. The van der Waals surface area contributed by atoms with Crippen LogP contribution in [0.5, 0.6) is 0 Å². The number of esters is 1. The van der Waals surface area contributed by atoms with Gasteiger partial charge in [0.25, 0.3) is 0 Å². The fourth-order valence-electron chi connectivity index (χ4n) is 3.43. The lowest BCUT2D eigenvalue weighted by Gasteiger charge is -2.29. The van der Waals surface area contributed by atoms with E-state index in [1.807, 2.05) is 19.1 Å². The highest BCUT2D eigenvalue weighted by atomic mass is 32.1. The highest BCUT2D eigenvalue weighted by molar-refractivity contribution is 7.80. The van der Waals surface area contributed by atoms with Crippen molar-refractivity contribution >= 4 is 34.7 Å². The van der Waals surface area contributed by atoms with Crippen LogP contribution in [0.1, 0.15) is 41.4 Å². The zero-order valence-corrected chi connectivity index (χ0v) is 18.6. The largest absolute Gasteiger partial charge is 0.462 e. The first kappa shape index (κ1) is 22.1. The van der Waals surface area contributed by atoms with Gasteiger partial charge in [-0.15, -0.1) is 0 Å². The lowest BCUT2D eigenvalue weighted by molar-refractivity contribution is 0.0525. The number of morpholine rings is 1. The third kappa shape index (κ3) is 5.49. The molecule has 1 unspecified atom stereocenters. The Kier molecular flexibility index (Phi) is 7.65. The van der Waals surface area contributed by atoms with Crippen molar-refractivity contribution in [1.82, 2.24) is 5.32 Å². The molecule has 0 bridgehead atoms. The molecular weight excluding hydrogens is 398 g/mol. The molecule has 0 spiro atoms. The molecule has 1 heterocycles. The van der Waals surface area contributed by atoms with Gasteiger partial charge < -0.3 is 25.0 Å². The molecule has 0 aliphatic carbocycles. The van der Waals surface area contributed by atoms with E-state index >= 15 is 0 Å². The van der Waals surface area contributed by atoms with Crippen LogP contribution in [0.25, 0.3) is 0 Å². The van der Waals surface area contributed by atoms with Gasteiger partial charge in [-0.2, -0.15) is 0 Å². The zero-order valence-electron chi connectivity index (χ0n) is 17.7. The summed E-state index contributed by atoms with van der Waals surface area (Å²) in [6.45, 7) is 9.48. The van der Waals surface area contributed by atoms with Gasteiger partial charge in [0.15, 0.2) is 5.11 Å². The van der Waals surface area contributed by atoms with Crippen molar-refractivity contribution in [2.24, 2.45) is 0 Å². The number of carbonyl (C=O) groups excluding carboxylic acids is 1. The van der Waals surface area contributed by atoms with Crippen LogP contribution in [0.3, 0.4) is 0 Å². The lowest BCUT2D eigenvalue weighted by Crippen LogP contribution is -2.36. The molecule has 2 aromatic rings. The maximum absolute atomic E-state index is 12.1. The first-order valence-corrected chi connectivity index (χ1v) is 10.7. The highest BCUT2D eigenvalue weighted by Crippen LogP contribution is 2.22. The van der Waals surface area contributed by atoms with Gasteiger partial charge in [-0.1, -0.05) is 18.2 Å². The minimum atomic E-state index is -0.328. The maximum Gasteiger partial charge on any atom is 0.338 e. The summed E-state index contributed by atoms with van der Waals surface area (Å²) >= 11 is 5.50. The third-order valence-electron chi connectivity index (χ3n) is 5.19. The SMILES string of the molecule is CCOC(=O)c1cccc(NC(=S)NC(C)c2ccc(N3CCOCC3)cc2)c1C. The van der Waals surface area contributed by atoms with Gasteiger partial charge in [0, 0.05) is 24.5 Å². The molecular formula is C23H29N3O3S. The molecule has 7 heteroatoms. The minimum absolute atomic E-state index is 0.0392. The average molecular weight is 428 g/mol. The van der Waals surface area contributed by atoms with E-state index in [0.29, 0.717) is 17.3 Å². The summed E-state index contributed by atoms with van der Waals surface area (Å²) in [7, 11) is 0. The molecule has 0 aromatic heterocycles. The summed E-state index contributed by atoms with van der Waals surface area (Å²) in [5.74, 6) is -0.328. The number of ether oxygens (including phenoxy) is 2. The Balaban J connectivity index is 1.61. The van der Waals surface area contributed by atoms with Crippen LogP contribution in [-0.4, -0.2) is 44.0 Å². The second-order valence-corrected chi connectivity index (χ2v) is 7.62. The van der Waals surface area contributed by atoms with Crippen LogP contribution in [0.15, 0.2) is 42.5 Å². The van der Waals surface area contributed by atoms with Crippen molar-refractivity contribution in [3.05, 3.63) is 59.2 Å². The Bertz CT molecular complexity index is 880. The summed E-state index contributed by atoms with van der Waals surface area (Å²) in [5, 5.41) is 7.02. The van der Waals surface area contributed by atoms with Crippen molar-refractivity contribution in [1.29, 1.82) is 0 Å². The van der Waals surface area contributed by atoms with Crippen molar-refractivity contribution < 1.29 is 14.3 Å². The molecule has 1 saturated heterocycles. The van der Waals surface area contributed by atoms with Crippen molar-refractivity contribution in [2.45, 2.75) is 26.8 Å². The Morgan fingerprint density at radius 2 is 1.90 bits per heavy atom. The van der Waals surface area contributed by atoms with Crippen LogP contribution in [0, 0.1) is 6.92 Å². The van der Waals surface area contributed by atoms with Crippen LogP contribution in [0.4, 0.5) is 11.4 Å². The van der Waals surface area contributed by atoms with Gasteiger partial charge in [0.1, 0.15) is 0 Å². The second-order valence-electron chi connectivity index (χ2n) is 7.21. The van der Waals surface area contributed by atoms with Gasteiger partial charge >= 0.3 is 5.97 Å². The van der Waals surface area contributed by atoms with E-state index in [4.69, 9.17) is 21.7 Å². The summed E-state index contributed by atoms with van der Waals surface area (Å²) in [5.41, 5.74) is 4.49. The van der Waals surface area contributed by atoms with Crippen molar-refractivity contribution in [3.63, 3.8) is 0 Å². The Labute approximate surface area is 183 Å². The second kappa shape index (κ2) is 10.4. The maximum atomic E-state index is 12.1. The predicted molar refractivity (Wildman–Crippen MR) is 124 cm³/mol. The number of anilines is 2. The molecule has 1 aliphatic heterocycles. The standard InChI is InChI=1S/C23H29N3O3S/c1-4-29-22(27)20-6-5-7-21(16(20)2)25-23(30)24-17(3)18-8-10-19(11-9-18)26-12-14-28-15-13-26/h5-11,17H,4,12-15H2,1-3H3,(H2,24,25,30). The predicted octanol–water partition coefficient (Wildman–Crippen LogP) is 4.06. The van der Waals surface area contributed by atoms with Gasteiger partial charge in [-0.25, -0.2) is 4.79 Å². The number of carbonyl (C=O) groups is 1. The Hall–Kier alpha value is -2.64. The van der Waals surface area contributed by atoms with E-state index in [-0.39, 0.29) is 12.0 Å². The molecule has 1 aliphatic rings. The highest BCUT2D eigenvalue weighted by Gasteiger charge is 2.15. The number of hydrogen-bond donors (Lipinski definition) is 2. The number of nitrogens with one attached hydrogen (secondary N) is 2. The van der Waals surface area contributed by atoms with Crippen LogP contribution >= 0.6 is 12.2 Å². The van der Waals surface area contributed by atoms with Crippen LogP contribution in [-0.2, 0) is 9.47 Å². The van der Waals surface area contributed by atoms with E-state index in [1.54, 1.807) is 13.0 Å². The fraction of sp³-hybridized carbons (Fsp3) is 0.391. The number of thiocarbonyl (C=S) groups is 1. The molecule has 1 atom stereocenters. The van der Waals surface area contributed by atoms with Crippen LogP contribution in [0.2, 0.25) is 0 Å². The molecule has 30 heavy (non-hydrogen) atoms. The molecule has 3 rings (SSSR count). The Morgan fingerprint density at radius 1 is 1.20 bits per heavy atom. The van der Waals surface area contributed by atoms with Crippen LogP contribution < -0.4 is 15.5 Å². The van der Waals surface area contributed by atoms with E-state index in [9.17, 15) is 4.79 Å². The summed E-state index contributed by atoms with van der Waals surface area (Å²) < 4.78 is 10.5. The first-order valence-electron chi connectivity index (χ1n) is 10.3. The van der Waals surface area contributed by atoms with Crippen molar-refractivity contribution in [2.75, 3.05) is 43.1 Å². The molecule has 0 amide bonds. The third-order valence-corrected chi connectivity index (χ3v) is 5.41. The smallest absolute Gasteiger partial charge is 0.338 e. The zero-order chi connectivity index (χ0) is 21.5. The topological polar surface area (TPSA) is 62.8 Å². The average Bonchev–Trinajstić information content (AvgIpc) is 2.76. The fourth-order valence-corrected chi connectivity index (χ4v) is 3.72. The molecule has 2 aromatic carbocycles. The van der Waals surface area contributed by atoms with E-state index in [1.165, 1.54) is 5.69 Å². The monoisotopic (exact) mass is 427 g/mol. The molecule has 160 valence electrons. The van der Waals surface area contributed by atoms with Gasteiger partial charge in [-0.05, 0) is 68.4 Å². The number of hydrogen-bond acceptors (Lipinski definition) is 5. The minimum Gasteiger partial charge on any atom is -0.462 e. The summed E-state index contributed by atoms with van der Waals surface area (Å²) in [6.07, 6.45) is 0. The summed E-state index contributed by atoms with van der Waals surface area (Å²) in [4.78, 5) is 14.4. The lowest BCUT2D eigenvalue weighted by atomic mass is 10.1. The van der Waals surface area contributed by atoms with E-state index in [2.05, 4.69) is 46.7 Å². The quantitative estimate of drug-likeness (QED) is 0.532. The Morgan fingerprint density at radius 3 is 2.57 bits per heavy atom. The number of benzene rings is 2. The van der Waals surface area contributed by atoms with E-state index in [0.717, 1.165) is 43.1 Å². The molecule has 6 nitrogen and oxygen atoms in total. The van der Waals surface area contributed by atoms with Crippen molar-refractivity contribution in [3.8, 4) is 0 Å². The van der Waals surface area contributed by atoms with Gasteiger partial charge in [0.05, 0.1) is 31.4 Å². The van der Waals surface area contributed by atoms with Gasteiger partial charge in [-0.3, -0.25) is 0 Å². The first-order chi connectivity index (χ1) is 14.5. The van der Waals surface area contributed by atoms with E-state index < -0.39 is 0 Å². The molecule has 1 fully saturated rings. The number of nitrogens with zero attached hydrogens (tertiary/aromatic N) is 1. The van der Waals surface area contributed by atoms with Gasteiger partial charge in [0.2, 0.25) is 0 Å². The number of rotatable bonds is 6. The summed E-state index contributed by atoms with van der Waals surface area (Å²) in [6, 6.07) is 14.0. The molecule has 2 N–H and O–H groups in total. The normalized spacial score (nSPS) is 14.7. The molecule has 0 saturated carbocycles.